The third-order valence-corrected chi connectivity index (χ3v) is 5.11. The van der Waals surface area contributed by atoms with Gasteiger partial charge in [0, 0.05) is 10.0 Å². The Hall–Kier alpha value is -1.38. The van der Waals surface area contributed by atoms with Crippen molar-refractivity contribution in [1.29, 1.82) is 0 Å². The van der Waals surface area contributed by atoms with Crippen LogP contribution in [0.15, 0.2) is 24.3 Å². The molecule has 2 aliphatic carbocycles. The summed E-state index contributed by atoms with van der Waals surface area (Å²) in [5.41, 5.74) is 4.40. The zero-order valence-corrected chi connectivity index (χ0v) is 13.7. The number of rotatable bonds is 0. The summed E-state index contributed by atoms with van der Waals surface area (Å²) in [6, 6.07) is 6.88. The molecule has 116 valence electrons. The van der Waals surface area contributed by atoms with Crippen LogP contribution in [0.2, 0.25) is 10.0 Å². The van der Waals surface area contributed by atoms with Crippen molar-refractivity contribution < 1.29 is 10.2 Å². The van der Waals surface area contributed by atoms with Gasteiger partial charge in [0.2, 0.25) is 0 Å². The fraction of sp³-hybridized carbons (Fsp3) is 0.333. The van der Waals surface area contributed by atoms with Crippen LogP contribution in [0, 0.1) is 0 Å². The van der Waals surface area contributed by atoms with Crippen LogP contribution in [0.1, 0.15) is 35.1 Å². The fourth-order valence-corrected chi connectivity index (χ4v) is 3.83. The summed E-state index contributed by atoms with van der Waals surface area (Å²) in [5, 5.41) is 20.4. The van der Waals surface area contributed by atoms with Gasteiger partial charge in [0.1, 0.15) is 11.5 Å². The molecule has 0 aliphatic heterocycles. The molecule has 4 rings (SSSR count). The molecule has 0 spiro atoms. The van der Waals surface area contributed by atoms with Crippen molar-refractivity contribution in [1.82, 2.24) is 0 Å². The van der Waals surface area contributed by atoms with Gasteiger partial charge in [0.25, 0.3) is 0 Å². The highest BCUT2D eigenvalue weighted by Gasteiger charge is 2.17. The van der Waals surface area contributed by atoms with Gasteiger partial charge >= 0.3 is 0 Å². The molecule has 0 radical (unpaired) electrons. The van der Waals surface area contributed by atoms with E-state index in [-0.39, 0.29) is 0 Å². The first-order valence-corrected chi connectivity index (χ1v) is 8.32. The van der Waals surface area contributed by atoms with Gasteiger partial charge in [-0.05, 0) is 85.0 Å². The van der Waals surface area contributed by atoms with Crippen LogP contribution in [0.3, 0.4) is 0 Å². The monoisotopic (exact) mass is 336 g/mol. The molecule has 0 aromatic heterocycles. The van der Waals surface area contributed by atoms with Crippen molar-refractivity contribution in [3.05, 3.63) is 56.6 Å². The van der Waals surface area contributed by atoms with Gasteiger partial charge < -0.3 is 10.2 Å². The highest BCUT2D eigenvalue weighted by atomic mass is 35.5. The fourth-order valence-electron chi connectivity index (χ4n) is 3.29. The van der Waals surface area contributed by atoms with Crippen LogP contribution in [-0.4, -0.2) is 10.2 Å². The number of fused-ring (bicyclic) bond motifs is 2. The Labute approximate surface area is 140 Å². The molecule has 2 N–H and O–H groups in total. The highest BCUT2D eigenvalue weighted by molar-refractivity contribution is 6.31. The van der Waals surface area contributed by atoms with E-state index in [4.69, 9.17) is 23.2 Å². The SMILES string of the molecule is Oc1ccc(Cl)c2c1CCC2.Oc1ccc(Cl)c2c1CCC2. The number of benzene rings is 2. The molecular formula is C18H18Cl2O2. The lowest BCUT2D eigenvalue weighted by molar-refractivity contribution is 0.468. The number of phenolic OH excluding ortho intramolecular Hbond substituents is 2. The summed E-state index contributed by atoms with van der Waals surface area (Å²) in [5.74, 6) is 0.809. The molecule has 0 saturated heterocycles. The average Bonchev–Trinajstić information content (AvgIpc) is 3.17. The summed E-state index contributed by atoms with van der Waals surface area (Å²) in [6.07, 6.45) is 6.22. The second kappa shape index (κ2) is 6.39. The van der Waals surface area contributed by atoms with E-state index in [9.17, 15) is 10.2 Å². The smallest absolute Gasteiger partial charge is 0.119 e. The minimum Gasteiger partial charge on any atom is -0.508 e. The van der Waals surface area contributed by atoms with E-state index in [2.05, 4.69) is 0 Å². The van der Waals surface area contributed by atoms with Gasteiger partial charge in [-0.25, -0.2) is 0 Å². The van der Waals surface area contributed by atoms with Crippen molar-refractivity contribution in [2.24, 2.45) is 0 Å². The van der Waals surface area contributed by atoms with Gasteiger partial charge in [0.05, 0.1) is 0 Å². The second-order valence-corrected chi connectivity index (χ2v) is 6.57. The van der Waals surface area contributed by atoms with E-state index < -0.39 is 0 Å². The van der Waals surface area contributed by atoms with Crippen LogP contribution in [0.25, 0.3) is 0 Å². The Kier molecular flexibility index (Phi) is 4.51. The molecule has 2 aromatic carbocycles. The van der Waals surface area contributed by atoms with Crippen molar-refractivity contribution >= 4 is 23.2 Å². The van der Waals surface area contributed by atoms with Crippen LogP contribution < -0.4 is 0 Å². The summed E-state index contributed by atoms with van der Waals surface area (Å²) in [4.78, 5) is 0. The molecule has 22 heavy (non-hydrogen) atoms. The quantitative estimate of drug-likeness (QED) is 0.705. The van der Waals surface area contributed by atoms with E-state index in [1.165, 1.54) is 0 Å². The number of hydrogen-bond acceptors (Lipinski definition) is 2. The molecule has 0 saturated carbocycles. The maximum absolute atomic E-state index is 9.40. The van der Waals surface area contributed by atoms with Crippen LogP contribution in [0.4, 0.5) is 0 Å². The maximum atomic E-state index is 9.40. The summed E-state index contributed by atoms with van der Waals surface area (Å²) < 4.78 is 0. The van der Waals surface area contributed by atoms with Crippen LogP contribution >= 0.6 is 23.2 Å². The van der Waals surface area contributed by atoms with Crippen molar-refractivity contribution in [3.63, 3.8) is 0 Å². The predicted molar refractivity (Wildman–Crippen MR) is 90.3 cm³/mol. The molecule has 2 nitrogen and oxygen atoms in total. The molecule has 4 heteroatoms. The van der Waals surface area contributed by atoms with E-state index >= 15 is 0 Å². The lowest BCUT2D eigenvalue weighted by Crippen LogP contribution is -1.83. The van der Waals surface area contributed by atoms with Crippen molar-refractivity contribution in [2.45, 2.75) is 38.5 Å². The zero-order valence-electron chi connectivity index (χ0n) is 12.2. The Balaban J connectivity index is 0.000000131. The number of phenols is 2. The zero-order chi connectivity index (χ0) is 15.7. The Morgan fingerprint density at radius 2 is 0.955 bits per heavy atom. The van der Waals surface area contributed by atoms with Gasteiger partial charge in [-0.1, -0.05) is 23.2 Å². The molecule has 0 amide bonds. The number of aromatic hydroxyl groups is 2. The molecular weight excluding hydrogens is 319 g/mol. The first-order valence-electron chi connectivity index (χ1n) is 7.56. The lowest BCUT2D eigenvalue weighted by atomic mass is 10.1. The van der Waals surface area contributed by atoms with Crippen LogP contribution in [-0.2, 0) is 25.7 Å². The van der Waals surface area contributed by atoms with E-state index in [1.807, 2.05) is 0 Å². The van der Waals surface area contributed by atoms with Crippen molar-refractivity contribution in [3.8, 4) is 11.5 Å². The summed E-state index contributed by atoms with van der Waals surface area (Å²) >= 11 is 11.9. The molecule has 0 fully saturated rings. The molecule has 2 aromatic rings. The van der Waals surface area contributed by atoms with E-state index in [1.54, 1.807) is 24.3 Å². The maximum Gasteiger partial charge on any atom is 0.119 e. The first kappa shape index (κ1) is 15.5. The number of hydrogen-bond donors (Lipinski definition) is 2. The molecule has 2 aliphatic rings. The summed E-state index contributed by atoms with van der Waals surface area (Å²) in [6.45, 7) is 0. The van der Waals surface area contributed by atoms with Gasteiger partial charge in [-0.3, -0.25) is 0 Å². The molecule has 0 bridgehead atoms. The standard InChI is InChI=1S/2C9H9ClO/c2*10-8-4-5-9(11)7-3-1-2-6(7)8/h2*4-5,11H,1-3H2. The van der Waals surface area contributed by atoms with Gasteiger partial charge in [0.15, 0.2) is 0 Å². The van der Waals surface area contributed by atoms with Crippen molar-refractivity contribution in [2.75, 3.05) is 0 Å². The normalized spacial score (nSPS) is 15.0. The average molecular weight is 337 g/mol. The van der Waals surface area contributed by atoms with E-state index in [0.29, 0.717) is 11.5 Å². The molecule has 0 unspecified atom stereocenters. The topological polar surface area (TPSA) is 40.5 Å². The molecule has 0 heterocycles. The van der Waals surface area contributed by atoms with Gasteiger partial charge in [-0.15, -0.1) is 0 Å². The highest BCUT2D eigenvalue weighted by Crippen LogP contribution is 2.35. The minimum absolute atomic E-state index is 0.405. The second-order valence-electron chi connectivity index (χ2n) is 5.75. The van der Waals surface area contributed by atoms with Crippen LogP contribution in [0.5, 0.6) is 11.5 Å². The lowest BCUT2D eigenvalue weighted by Gasteiger charge is -2.02. The number of halogens is 2. The third-order valence-electron chi connectivity index (χ3n) is 4.41. The van der Waals surface area contributed by atoms with E-state index in [0.717, 1.165) is 70.8 Å². The Bertz CT molecular complexity index is 591. The van der Waals surface area contributed by atoms with Gasteiger partial charge in [-0.2, -0.15) is 0 Å². The third kappa shape index (κ3) is 2.90. The minimum atomic E-state index is 0.405. The predicted octanol–water partition coefficient (Wildman–Crippen LogP) is 5.07. The summed E-state index contributed by atoms with van der Waals surface area (Å²) in [7, 11) is 0. The molecule has 0 atom stereocenters. The Morgan fingerprint density at radius 3 is 1.32 bits per heavy atom. The first-order chi connectivity index (χ1) is 10.6. The largest absolute Gasteiger partial charge is 0.508 e. The Morgan fingerprint density at radius 1 is 0.591 bits per heavy atom.